The van der Waals surface area contributed by atoms with Crippen molar-refractivity contribution in [3.63, 3.8) is 0 Å². The zero-order valence-corrected chi connectivity index (χ0v) is 12.1. The van der Waals surface area contributed by atoms with Gasteiger partial charge < -0.3 is 10.5 Å². The summed E-state index contributed by atoms with van der Waals surface area (Å²) in [6, 6.07) is 8.43. The minimum Gasteiger partial charge on any atom is -0.465 e. The van der Waals surface area contributed by atoms with Crippen molar-refractivity contribution in [3.05, 3.63) is 35.4 Å². The third-order valence-corrected chi connectivity index (χ3v) is 2.98. The molecule has 0 amide bonds. The number of nitrogens with zero attached hydrogens (tertiary/aromatic N) is 1. The summed E-state index contributed by atoms with van der Waals surface area (Å²) in [5.74, 6) is -0.175. The predicted molar refractivity (Wildman–Crippen MR) is 76.5 cm³/mol. The average Bonchev–Trinajstić information content (AvgIpc) is 2.38. The molecule has 4 heteroatoms. The molecular weight excluding hydrogens is 240 g/mol. The molecule has 0 saturated carbocycles. The first-order chi connectivity index (χ1) is 9.06. The SMILES string of the molecule is CCOC(=O)CN(Cc1cccc(CN)c1)C(C)C. The highest BCUT2D eigenvalue weighted by Gasteiger charge is 2.15. The fraction of sp³-hybridized carbons (Fsp3) is 0.533. The van der Waals surface area contributed by atoms with Crippen LogP contribution < -0.4 is 5.73 Å². The van der Waals surface area contributed by atoms with E-state index in [4.69, 9.17) is 10.5 Å². The van der Waals surface area contributed by atoms with Gasteiger partial charge in [0.2, 0.25) is 0 Å². The van der Waals surface area contributed by atoms with E-state index in [0.29, 0.717) is 19.7 Å². The highest BCUT2D eigenvalue weighted by molar-refractivity contribution is 5.71. The van der Waals surface area contributed by atoms with Crippen molar-refractivity contribution < 1.29 is 9.53 Å². The number of benzene rings is 1. The summed E-state index contributed by atoms with van der Waals surface area (Å²) in [7, 11) is 0. The van der Waals surface area contributed by atoms with E-state index in [2.05, 4.69) is 30.9 Å². The maximum absolute atomic E-state index is 11.6. The molecule has 0 heterocycles. The lowest BCUT2D eigenvalue weighted by Gasteiger charge is -2.25. The monoisotopic (exact) mass is 264 g/mol. The van der Waals surface area contributed by atoms with Crippen LogP contribution in [0.5, 0.6) is 0 Å². The van der Waals surface area contributed by atoms with Gasteiger partial charge in [0.05, 0.1) is 13.2 Å². The van der Waals surface area contributed by atoms with Gasteiger partial charge in [0.25, 0.3) is 0 Å². The Hall–Kier alpha value is -1.39. The second kappa shape index (κ2) is 7.92. The first-order valence-electron chi connectivity index (χ1n) is 6.74. The van der Waals surface area contributed by atoms with E-state index in [1.165, 1.54) is 5.56 Å². The number of rotatable bonds is 7. The van der Waals surface area contributed by atoms with Gasteiger partial charge in [0, 0.05) is 19.1 Å². The van der Waals surface area contributed by atoms with Gasteiger partial charge in [-0.05, 0) is 31.9 Å². The smallest absolute Gasteiger partial charge is 0.320 e. The van der Waals surface area contributed by atoms with Gasteiger partial charge in [-0.1, -0.05) is 24.3 Å². The molecule has 0 aliphatic heterocycles. The summed E-state index contributed by atoms with van der Waals surface area (Å²) in [6.07, 6.45) is 0. The molecule has 0 bridgehead atoms. The average molecular weight is 264 g/mol. The normalized spacial score (nSPS) is 11.1. The highest BCUT2D eigenvalue weighted by Crippen LogP contribution is 2.10. The largest absolute Gasteiger partial charge is 0.465 e. The molecule has 1 rings (SSSR count). The van der Waals surface area contributed by atoms with Crippen LogP contribution in [0.1, 0.15) is 31.9 Å². The third kappa shape index (κ3) is 5.41. The van der Waals surface area contributed by atoms with E-state index < -0.39 is 0 Å². The first kappa shape index (κ1) is 15.7. The van der Waals surface area contributed by atoms with Crippen molar-refractivity contribution in [3.8, 4) is 0 Å². The van der Waals surface area contributed by atoms with E-state index in [9.17, 15) is 4.79 Å². The van der Waals surface area contributed by atoms with Crippen LogP contribution in [0.15, 0.2) is 24.3 Å². The molecule has 0 aliphatic rings. The number of hydrogen-bond acceptors (Lipinski definition) is 4. The lowest BCUT2D eigenvalue weighted by atomic mass is 10.1. The summed E-state index contributed by atoms with van der Waals surface area (Å²) >= 11 is 0. The summed E-state index contributed by atoms with van der Waals surface area (Å²) < 4.78 is 5.00. The summed E-state index contributed by atoms with van der Waals surface area (Å²) in [6.45, 7) is 7.98. The number of nitrogens with two attached hydrogens (primary N) is 1. The maximum atomic E-state index is 11.6. The van der Waals surface area contributed by atoms with Gasteiger partial charge in [-0.3, -0.25) is 9.69 Å². The molecule has 0 radical (unpaired) electrons. The Morgan fingerprint density at radius 2 is 2.05 bits per heavy atom. The molecule has 106 valence electrons. The van der Waals surface area contributed by atoms with Crippen LogP contribution in [0.2, 0.25) is 0 Å². The molecule has 0 atom stereocenters. The lowest BCUT2D eigenvalue weighted by molar-refractivity contribution is -0.145. The molecule has 0 saturated heterocycles. The summed E-state index contributed by atoms with van der Waals surface area (Å²) in [5, 5.41) is 0. The van der Waals surface area contributed by atoms with Crippen molar-refractivity contribution >= 4 is 5.97 Å². The number of ether oxygens (including phenoxy) is 1. The van der Waals surface area contributed by atoms with E-state index in [0.717, 1.165) is 12.1 Å². The molecule has 0 aliphatic carbocycles. The second-order valence-corrected chi connectivity index (χ2v) is 4.83. The fourth-order valence-electron chi connectivity index (χ4n) is 1.88. The quantitative estimate of drug-likeness (QED) is 0.764. The summed E-state index contributed by atoms with van der Waals surface area (Å²) in [4.78, 5) is 13.7. The Balaban J connectivity index is 2.69. The molecule has 2 N–H and O–H groups in total. The second-order valence-electron chi connectivity index (χ2n) is 4.83. The molecular formula is C15H24N2O2. The molecule has 4 nitrogen and oxygen atoms in total. The molecule has 1 aromatic carbocycles. The van der Waals surface area contributed by atoms with Gasteiger partial charge in [-0.25, -0.2) is 0 Å². The van der Waals surface area contributed by atoms with Gasteiger partial charge >= 0.3 is 5.97 Å². The van der Waals surface area contributed by atoms with Crippen LogP contribution in [0.3, 0.4) is 0 Å². The fourth-order valence-corrected chi connectivity index (χ4v) is 1.88. The Kier molecular flexibility index (Phi) is 6.53. The van der Waals surface area contributed by atoms with Crippen LogP contribution >= 0.6 is 0 Å². The highest BCUT2D eigenvalue weighted by atomic mass is 16.5. The molecule has 0 spiro atoms. The van der Waals surface area contributed by atoms with Gasteiger partial charge in [0.1, 0.15) is 0 Å². The van der Waals surface area contributed by atoms with E-state index in [-0.39, 0.29) is 12.0 Å². The predicted octanol–water partition coefficient (Wildman–Crippen LogP) is 1.92. The van der Waals surface area contributed by atoms with E-state index >= 15 is 0 Å². The van der Waals surface area contributed by atoms with Crippen LogP contribution in [-0.4, -0.2) is 30.1 Å². The van der Waals surface area contributed by atoms with Crippen molar-refractivity contribution in [1.29, 1.82) is 0 Å². The Morgan fingerprint density at radius 3 is 2.63 bits per heavy atom. The van der Waals surface area contributed by atoms with Crippen molar-refractivity contribution in [2.75, 3.05) is 13.2 Å². The van der Waals surface area contributed by atoms with Crippen molar-refractivity contribution in [2.24, 2.45) is 5.73 Å². The van der Waals surface area contributed by atoms with Crippen LogP contribution in [0.25, 0.3) is 0 Å². The van der Waals surface area contributed by atoms with Gasteiger partial charge in [-0.15, -0.1) is 0 Å². The third-order valence-electron chi connectivity index (χ3n) is 2.98. The topological polar surface area (TPSA) is 55.6 Å². The van der Waals surface area contributed by atoms with E-state index in [1.807, 2.05) is 19.1 Å². The Labute approximate surface area is 115 Å². The van der Waals surface area contributed by atoms with E-state index in [1.54, 1.807) is 0 Å². The Bertz CT molecular complexity index is 405. The number of esters is 1. The van der Waals surface area contributed by atoms with Gasteiger partial charge in [-0.2, -0.15) is 0 Å². The number of carbonyl (C=O) groups excluding carboxylic acids is 1. The maximum Gasteiger partial charge on any atom is 0.320 e. The van der Waals surface area contributed by atoms with Crippen molar-refractivity contribution in [2.45, 2.75) is 39.9 Å². The zero-order valence-electron chi connectivity index (χ0n) is 12.1. The summed E-state index contributed by atoms with van der Waals surface area (Å²) in [5.41, 5.74) is 7.92. The van der Waals surface area contributed by atoms with Crippen LogP contribution in [0, 0.1) is 0 Å². The first-order valence-corrected chi connectivity index (χ1v) is 6.74. The van der Waals surface area contributed by atoms with Crippen molar-refractivity contribution in [1.82, 2.24) is 4.90 Å². The lowest BCUT2D eigenvalue weighted by Crippen LogP contribution is -2.36. The number of hydrogen-bond donors (Lipinski definition) is 1. The minimum absolute atomic E-state index is 0.175. The number of carbonyl (C=O) groups is 1. The standard InChI is InChI=1S/C15H24N2O2/c1-4-19-15(18)11-17(12(2)3)10-14-7-5-6-13(8-14)9-16/h5-8,12H,4,9-11,16H2,1-3H3. The molecule has 19 heavy (non-hydrogen) atoms. The molecule has 1 aromatic rings. The minimum atomic E-state index is -0.175. The molecule has 0 aromatic heterocycles. The Morgan fingerprint density at radius 1 is 1.37 bits per heavy atom. The molecule has 0 fully saturated rings. The molecule has 0 unspecified atom stereocenters. The van der Waals surface area contributed by atoms with Gasteiger partial charge in [0.15, 0.2) is 0 Å². The van der Waals surface area contributed by atoms with Crippen LogP contribution in [-0.2, 0) is 22.6 Å². The van der Waals surface area contributed by atoms with Crippen LogP contribution in [0.4, 0.5) is 0 Å². The zero-order chi connectivity index (χ0) is 14.3.